The van der Waals surface area contributed by atoms with Crippen molar-refractivity contribution in [3.8, 4) is 5.69 Å². The first-order valence-corrected chi connectivity index (χ1v) is 7.60. The Bertz CT molecular complexity index is 549. The number of morpholine rings is 1. The first kappa shape index (κ1) is 12.7. The lowest BCUT2D eigenvalue weighted by atomic mass is 10.2. The number of hydrogen-bond donors (Lipinski definition) is 1. The third-order valence-corrected chi connectivity index (χ3v) is 3.98. The smallest absolute Gasteiger partial charge is 0.112 e. The molecule has 2 aromatic rings. The second-order valence-electron chi connectivity index (χ2n) is 4.45. The second-order valence-corrected chi connectivity index (χ2v) is 5.33. The summed E-state index contributed by atoms with van der Waals surface area (Å²) in [6.45, 7) is 2.52. The van der Waals surface area contributed by atoms with E-state index in [9.17, 15) is 0 Å². The molecule has 100 valence electrons. The van der Waals surface area contributed by atoms with E-state index in [4.69, 9.17) is 4.74 Å². The van der Waals surface area contributed by atoms with E-state index in [1.807, 2.05) is 12.5 Å². The molecule has 1 N–H and O–H groups in total. The van der Waals surface area contributed by atoms with Crippen molar-refractivity contribution in [2.75, 3.05) is 26.0 Å². The molecule has 0 spiro atoms. The fraction of sp³-hybridized carbons (Fsp3) is 0.357. The predicted octanol–water partition coefficient (Wildman–Crippen LogP) is 2.26. The lowest BCUT2D eigenvalue weighted by Gasteiger charge is -2.24. The molecular formula is C14H17N3OS. The zero-order valence-corrected chi connectivity index (χ0v) is 11.7. The fourth-order valence-electron chi connectivity index (χ4n) is 2.27. The molecule has 1 fully saturated rings. The van der Waals surface area contributed by atoms with Crippen LogP contribution in [0.5, 0.6) is 0 Å². The van der Waals surface area contributed by atoms with Crippen LogP contribution in [-0.2, 0) is 4.74 Å². The Morgan fingerprint density at radius 3 is 3.21 bits per heavy atom. The molecule has 0 bridgehead atoms. The van der Waals surface area contributed by atoms with E-state index in [0.29, 0.717) is 0 Å². The highest BCUT2D eigenvalue weighted by Gasteiger charge is 2.20. The lowest BCUT2D eigenvalue weighted by molar-refractivity contribution is 0.0240. The average molecular weight is 275 g/mol. The fourth-order valence-corrected chi connectivity index (χ4v) is 2.73. The summed E-state index contributed by atoms with van der Waals surface area (Å²) in [4.78, 5) is 5.53. The topological polar surface area (TPSA) is 39.1 Å². The minimum Gasteiger partial charge on any atom is -0.369 e. The van der Waals surface area contributed by atoms with Crippen molar-refractivity contribution in [3.63, 3.8) is 0 Å². The Morgan fingerprint density at radius 1 is 1.47 bits per heavy atom. The molecule has 2 heterocycles. The van der Waals surface area contributed by atoms with Gasteiger partial charge >= 0.3 is 0 Å². The normalized spacial score (nSPS) is 19.5. The van der Waals surface area contributed by atoms with E-state index in [0.717, 1.165) is 31.1 Å². The summed E-state index contributed by atoms with van der Waals surface area (Å²) in [5.74, 6) is 0. The summed E-state index contributed by atoms with van der Waals surface area (Å²) in [5, 5.41) is 3.35. The molecule has 1 saturated heterocycles. The van der Waals surface area contributed by atoms with Gasteiger partial charge in [0, 0.05) is 23.7 Å². The van der Waals surface area contributed by atoms with E-state index in [-0.39, 0.29) is 6.10 Å². The van der Waals surface area contributed by atoms with Gasteiger partial charge in [0.15, 0.2) is 0 Å². The summed E-state index contributed by atoms with van der Waals surface area (Å²) < 4.78 is 7.92. The number of rotatable bonds is 3. The largest absolute Gasteiger partial charge is 0.369 e. The number of nitrogens with zero attached hydrogens (tertiary/aromatic N) is 2. The van der Waals surface area contributed by atoms with Crippen molar-refractivity contribution < 1.29 is 4.74 Å². The molecule has 1 aliphatic rings. The van der Waals surface area contributed by atoms with Crippen LogP contribution >= 0.6 is 11.8 Å². The highest BCUT2D eigenvalue weighted by Crippen LogP contribution is 2.24. The van der Waals surface area contributed by atoms with Gasteiger partial charge in [0.05, 0.1) is 24.8 Å². The number of thioether (sulfide) groups is 1. The van der Waals surface area contributed by atoms with E-state index < -0.39 is 0 Å². The Hall–Kier alpha value is -1.30. The molecule has 1 aromatic heterocycles. The maximum atomic E-state index is 5.81. The molecule has 0 aliphatic carbocycles. The molecule has 3 rings (SSSR count). The minimum absolute atomic E-state index is 0.0779. The third kappa shape index (κ3) is 2.68. The highest BCUT2D eigenvalue weighted by molar-refractivity contribution is 7.98. The number of nitrogens with one attached hydrogen (secondary N) is 1. The Balaban J connectivity index is 1.94. The molecule has 0 radical (unpaired) electrons. The van der Waals surface area contributed by atoms with Crippen molar-refractivity contribution in [3.05, 3.63) is 42.5 Å². The van der Waals surface area contributed by atoms with Gasteiger partial charge in [-0.1, -0.05) is 6.07 Å². The molecule has 0 amide bonds. The van der Waals surface area contributed by atoms with Crippen molar-refractivity contribution >= 4 is 11.8 Å². The quantitative estimate of drug-likeness (QED) is 0.872. The molecule has 1 unspecified atom stereocenters. The summed E-state index contributed by atoms with van der Waals surface area (Å²) in [5.41, 5.74) is 2.24. The van der Waals surface area contributed by atoms with Crippen LogP contribution < -0.4 is 5.32 Å². The molecule has 4 nitrogen and oxygen atoms in total. The van der Waals surface area contributed by atoms with E-state index in [1.165, 1.54) is 4.90 Å². The van der Waals surface area contributed by atoms with E-state index in [1.54, 1.807) is 11.8 Å². The van der Waals surface area contributed by atoms with E-state index in [2.05, 4.69) is 45.4 Å². The van der Waals surface area contributed by atoms with Crippen LogP contribution in [0.15, 0.2) is 41.7 Å². The first-order chi connectivity index (χ1) is 9.38. The maximum Gasteiger partial charge on any atom is 0.112 e. The maximum absolute atomic E-state index is 5.81. The van der Waals surface area contributed by atoms with Crippen molar-refractivity contribution in [1.29, 1.82) is 0 Å². The number of hydrogen-bond acceptors (Lipinski definition) is 4. The third-order valence-electron chi connectivity index (χ3n) is 3.26. The number of imidazole rings is 1. The van der Waals surface area contributed by atoms with E-state index >= 15 is 0 Å². The van der Waals surface area contributed by atoms with Crippen molar-refractivity contribution in [2.45, 2.75) is 11.0 Å². The van der Waals surface area contributed by atoms with Gasteiger partial charge in [-0.3, -0.25) is 0 Å². The molecule has 19 heavy (non-hydrogen) atoms. The van der Waals surface area contributed by atoms with Crippen LogP contribution in [0, 0.1) is 0 Å². The zero-order chi connectivity index (χ0) is 13.1. The molecule has 1 atom stereocenters. The zero-order valence-electron chi connectivity index (χ0n) is 10.9. The van der Waals surface area contributed by atoms with Crippen LogP contribution in [0.25, 0.3) is 5.69 Å². The standard InChI is InChI=1S/C14H17N3OS/c1-19-12-4-2-3-11(7-12)17-10-16-8-13(17)14-9-15-5-6-18-14/h2-4,7-8,10,14-15H,5-6,9H2,1H3. The van der Waals surface area contributed by atoms with Gasteiger partial charge in [-0.15, -0.1) is 11.8 Å². The van der Waals surface area contributed by atoms with Crippen LogP contribution in [0.2, 0.25) is 0 Å². The molecular weight excluding hydrogens is 258 g/mol. The van der Waals surface area contributed by atoms with Gasteiger partial charge in [-0.25, -0.2) is 4.98 Å². The Kier molecular flexibility index (Phi) is 3.87. The van der Waals surface area contributed by atoms with Gasteiger partial charge in [-0.05, 0) is 24.5 Å². The first-order valence-electron chi connectivity index (χ1n) is 6.37. The summed E-state index contributed by atoms with van der Waals surface area (Å²) in [6, 6.07) is 8.46. The Morgan fingerprint density at radius 2 is 2.42 bits per heavy atom. The van der Waals surface area contributed by atoms with Gasteiger partial charge in [0.1, 0.15) is 6.10 Å². The highest BCUT2D eigenvalue weighted by atomic mass is 32.2. The molecule has 5 heteroatoms. The van der Waals surface area contributed by atoms with Crippen LogP contribution in [-0.4, -0.2) is 35.5 Å². The summed E-state index contributed by atoms with van der Waals surface area (Å²) in [6.07, 6.45) is 5.91. The van der Waals surface area contributed by atoms with Gasteiger partial charge in [0.2, 0.25) is 0 Å². The number of aromatic nitrogens is 2. The molecule has 1 aliphatic heterocycles. The van der Waals surface area contributed by atoms with Crippen molar-refractivity contribution in [2.24, 2.45) is 0 Å². The monoisotopic (exact) mass is 275 g/mol. The van der Waals surface area contributed by atoms with Crippen molar-refractivity contribution in [1.82, 2.24) is 14.9 Å². The molecule has 0 saturated carbocycles. The Labute approximate surface area is 117 Å². The summed E-state index contributed by atoms with van der Waals surface area (Å²) >= 11 is 1.74. The van der Waals surface area contributed by atoms with Crippen LogP contribution in [0.1, 0.15) is 11.8 Å². The average Bonchev–Trinajstić information content (AvgIpc) is 2.98. The molecule has 1 aromatic carbocycles. The summed E-state index contributed by atoms with van der Waals surface area (Å²) in [7, 11) is 0. The van der Waals surface area contributed by atoms with Gasteiger partial charge in [0.25, 0.3) is 0 Å². The number of benzene rings is 1. The lowest BCUT2D eigenvalue weighted by Crippen LogP contribution is -2.34. The van der Waals surface area contributed by atoms with Gasteiger partial charge in [-0.2, -0.15) is 0 Å². The van der Waals surface area contributed by atoms with Crippen LogP contribution in [0.4, 0.5) is 0 Å². The SMILES string of the molecule is CSc1cccc(-n2cncc2C2CNCCO2)c1. The van der Waals surface area contributed by atoms with Gasteiger partial charge < -0.3 is 14.6 Å². The number of ether oxygens (including phenoxy) is 1. The minimum atomic E-state index is 0.0779. The van der Waals surface area contributed by atoms with Crippen LogP contribution in [0.3, 0.4) is 0 Å². The predicted molar refractivity (Wildman–Crippen MR) is 76.9 cm³/mol. The second kappa shape index (κ2) is 5.77.